The van der Waals surface area contributed by atoms with Gasteiger partial charge in [0.25, 0.3) is 5.56 Å². The van der Waals surface area contributed by atoms with Crippen molar-refractivity contribution in [3.05, 3.63) is 44.6 Å². The van der Waals surface area contributed by atoms with Crippen LogP contribution in [0.5, 0.6) is 0 Å². The van der Waals surface area contributed by atoms with Gasteiger partial charge in [-0.05, 0) is 12.1 Å². The van der Waals surface area contributed by atoms with Gasteiger partial charge < -0.3 is 9.72 Å². The zero-order valence-corrected chi connectivity index (χ0v) is 9.70. The second-order valence-electron chi connectivity index (χ2n) is 3.68. The molecule has 0 spiro atoms. The van der Waals surface area contributed by atoms with Crippen LogP contribution >= 0.6 is 0 Å². The number of rotatable bonds is 2. The third kappa shape index (κ3) is 2.12. The summed E-state index contributed by atoms with van der Waals surface area (Å²) in [4.78, 5) is 36.7. The van der Waals surface area contributed by atoms with Gasteiger partial charge in [-0.2, -0.15) is 0 Å². The molecule has 0 radical (unpaired) electrons. The van der Waals surface area contributed by atoms with E-state index >= 15 is 0 Å². The van der Waals surface area contributed by atoms with Crippen LogP contribution in [0.1, 0.15) is 0 Å². The Balaban J connectivity index is 2.81. The first-order valence-corrected chi connectivity index (χ1v) is 5.13. The molecule has 2 aromatic rings. The number of methoxy groups -OCH3 is 1. The van der Waals surface area contributed by atoms with E-state index in [-0.39, 0.29) is 5.52 Å². The predicted octanol–water partition coefficient (Wildman–Crippen LogP) is 0.141. The molecule has 0 fully saturated rings. The Kier molecular flexibility index (Phi) is 3.16. The Morgan fingerprint density at radius 2 is 2.05 bits per heavy atom. The molecule has 8 heteroatoms. The van der Waals surface area contributed by atoms with Crippen molar-refractivity contribution in [3.63, 3.8) is 0 Å². The van der Waals surface area contributed by atoms with Crippen molar-refractivity contribution >= 4 is 16.9 Å². The molecule has 0 atom stereocenters. The lowest BCUT2D eigenvalue weighted by Crippen LogP contribution is -2.38. The molecule has 1 N–H and O–H groups in total. The molecule has 0 aliphatic carbocycles. The Morgan fingerprint density at radius 3 is 2.68 bits per heavy atom. The van der Waals surface area contributed by atoms with E-state index in [0.717, 1.165) is 19.2 Å². The van der Waals surface area contributed by atoms with Crippen molar-refractivity contribution in [2.45, 2.75) is 6.54 Å². The number of hydrogen-bond donors (Lipinski definition) is 1. The number of nitrogens with zero attached hydrogens (tertiary/aromatic N) is 1. The van der Waals surface area contributed by atoms with Gasteiger partial charge >= 0.3 is 11.7 Å². The van der Waals surface area contributed by atoms with Crippen LogP contribution in [0.25, 0.3) is 10.9 Å². The number of aromatic nitrogens is 2. The summed E-state index contributed by atoms with van der Waals surface area (Å²) < 4.78 is 31.4. The van der Waals surface area contributed by atoms with Gasteiger partial charge in [0.1, 0.15) is 11.9 Å². The minimum absolute atomic E-state index is 0.144. The van der Waals surface area contributed by atoms with Gasteiger partial charge in [0.2, 0.25) is 0 Å². The van der Waals surface area contributed by atoms with E-state index in [1.807, 2.05) is 0 Å². The molecular formula is C11H8F2N2O4. The molecule has 0 aliphatic rings. The van der Waals surface area contributed by atoms with E-state index in [9.17, 15) is 23.2 Å². The molecule has 0 aliphatic heterocycles. The second-order valence-corrected chi connectivity index (χ2v) is 3.68. The van der Waals surface area contributed by atoms with Crippen molar-refractivity contribution in [3.8, 4) is 0 Å². The second kappa shape index (κ2) is 4.63. The summed E-state index contributed by atoms with van der Waals surface area (Å²) in [5.74, 6) is -3.46. The molecule has 1 aromatic carbocycles. The van der Waals surface area contributed by atoms with E-state index in [4.69, 9.17) is 0 Å². The quantitative estimate of drug-likeness (QED) is 0.787. The molecule has 1 heterocycles. The summed E-state index contributed by atoms with van der Waals surface area (Å²) in [6.07, 6.45) is 0. The number of hydrogen-bond acceptors (Lipinski definition) is 4. The van der Waals surface area contributed by atoms with Crippen LogP contribution in [0.3, 0.4) is 0 Å². The number of aromatic amines is 1. The molecule has 0 amide bonds. The number of halogens is 2. The van der Waals surface area contributed by atoms with Crippen molar-refractivity contribution in [2.24, 2.45) is 0 Å². The lowest BCUT2D eigenvalue weighted by molar-refractivity contribution is -0.141. The fraction of sp³-hybridized carbons (Fsp3) is 0.182. The molecule has 6 nitrogen and oxygen atoms in total. The average Bonchev–Trinajstić information content (AvgIpc) is 2.38. The molecule has 1 aromatic heterocycles. The average molecular weight is 270 g/mol. The number of esters is 1. The summed E-state index contributed by atoms with van der Waals surface area (Å²) in [5, 5.41) is -0.622. The topological polar surface area (TPSA) is 81.2 Å². The van der Waals surface area contributed by atoms with Crippen molar-refractivity contribution in [1.29, 1.82) is 0 Å². The molecule has 0 bridgehead atoms. The molecular weight excluding hydrogens is 262 g/mol. The van der Waals surface area contributed by atoms with Crippen LogP contribution in [0.2, 0.25) is 0 Å². The number of carbonyl (C=O) groups is 1. The predicted molar refractivity (Wildman–Crippen MR) is 60.8 cm³/mol. The van der Waals surface area contributed by atoms with E-state index in [1.165, 1.54) is 0 Å². The van der Waals surface area contributed by atoms with Gasteiger partial charge in [-0.3, -0.25) is 9.59 Å². The van der Waals surface area contributed by atoms with Crippen LogP contribution < -0.4 is 11.2 Å². The van der Waals surface area contributed by atoms with Gasteiger partial charge in [0.15, 0.2) is 11.6 Å². The molecule has 0 unspecified atom stereocenters. The number of H-pyrrole nitrogens is 1. The van der Waals surface area contributed by atoms with Crippen LogP contribution in [0.15, 0.2) is 21.7 Å². The van der Waals surface area contributed by atoms with Gasteiger partial charge in [0.05, 0.1) is 12.6 Å². The zero-order valence-electron chi connectivity index (χ0n) is 9.70. The molecule has 0 saturated heterocycles. The molecule has 2 rings (SSSR count). The highest BCUT2D eigenvalue weighted by molar-refractivity contribution is 5.78. The highest BCUT2D eigenvalue weighted by Gasteiger charge is 2.16. The van der Waals surface area contributed by atoms with Crippen molar-refractivity contribution in [1.82, 2.24) is 9.55 Å². The summed E-state index contributed by atoms with van der Waals surface area (Å²) in [6.45, 7) is -0.684. The fourth-order valence-corrected chi connectivity index (χ4v) is 1.61. The normalized spacial score (nSPS) is 10.7. The van der Waals surface area contributed by atoms with E-state index < -0.39 is 40.8 Å². The third-order valence-corrected chi connectivity index (χ3v) is 2.56. The third-order valence-electron chi connectivity index (χ3n) is 2.56. The summed E-state index contributed by atoms with van der Waals surface area (Å²) in [6, 6.07) is 1.86. The smallest absolute Gasteiger partial charge is 0.329 e. The van der Waals surface area contributed by atoms with Crippen molar-refractivity contribution in [2.75, 3.05) is 7.11 Å². The number of ether oxygens (including phenoxy) is 1. The molecule has 0 saturated carbocycles. The first kappa shape index (κ1) is 12.9. The maximum absolute atomic E-state index is 13.6. The largest absolute Gasteiger partial charge is 0.468 e. The number of benzene rings is 1. The monoisotopic (exact) mass is 270 g/mol. The molecule has 19 heavy (non-hydrogen) atoms. The van der Waals surface area contributed by atoms with Crippen LogP contribution in [-0.4, -0.2) is 22.6 Å². The summed E-state index contributed by atoms with van der Waals surface area (Å²) >= 11 is 0. The standard InChI is InChI=1S/C11H8F2N2O4/c1-19-7(16)4-15-10(17)8-6(14-11(15)18)3-2-5(12)9(8)13/h2-3H,4H2,1H3,(H,14,18). The van der Waals surface area contributed by atoms with Crippen LogP contribution in [0.4, 0.5) is 8.78 Å². The Labute approximate surface area is 104 Å². The fourth-order valence-electron chi connectivity index (χ4n) is 1.61. The maximum atomic E-state index is 13.6. The number of carbonyl (C=O) groups excluding carboxylic acids is 1. The Morgan fingerprint density at radius 1 is 1.37 bits per heavy atom. The first-order chi connectivity index (χ1) is 8.95. The Hall–Kier alpha value is -2.51. The highest BCUT2D eigenvalue weighted by Crippen LogP contribution is 2.13. The first-order valence-electron chi connectivity index (χ1n) is 5.13. The lowest BCUT2D eigenvalue weighted by atomic mass is 10.2. The van der Waals surface area contributed by atoms with Crippen molar-refractivity contribution < 1.29 is 18.3 Å². The highest BCUT2D eigenvalue weighted by atomic mass is 19.2. The van der Waals surface area contributed by atoms with E-state index in [0.29, 0.717) is 4.57 Å². The van der Waals surface area contributed by atoms with Crippen LogP contribution in [-0.2, 0) is 16.1 Å². The Bertz CT molecular complexity index is 779. The van der Waals surface area contributed by atoms with E-state index in [2.05, 4.69) is 9.72 Å². The minimum atomic E-state index is -1.38. The van der Waals surface area contributed by atoms with Gasteiger partial charge in [0, 0.05) is 0 Å². The van der Waals surface area contributed by atoms with E-state index in [1.54, 1.807) is 0 Å². The zero-order chi connectivity index (χ0) is 14.2. The number of nitrogens with one attached hydrogen (secondary N) is 1. The van der Waals surface area contributed by atoms with Gasteiger partial charge in [-0.15, -0.1) is 0 Å². The SMILES string of the molecule is COC(=O)Cn1c(=O)[nH]c2ccc(F)c(F)c2c1=O. The van der Waals surface area contributed by atoms with Crippen LogP contribution in [0, 0.1) is 11.6 Å². The minimum Gasteiger partial charge on any atom is -0.468 e. The van der Waals surface area contributed by atoms with Gasteiger partial charge in [-0.1, -0.05) is 0 Å². The lowest BCUT2D eigenvalue weighted by Gasteiger charge is -2.05. The number of fused-ring (bicyclic) bond motifs is 1. The molecule has 100 valence electrons. The summed E-state index contributed by atoms with van der Waals surface area (Å²) in [7, 11) is 1.07. The maximum Gasteiger partial charge on any atom is 0.329 e. The summed E-state index contributed by atoms with van der Waals surface area (Å²) in [5.41, 5.74) is -2.15. The van der Waals surface area contributed by atoms with Gasteiger partial charge in [-0.25, -0.2) is 18.1 Å².